The van der Waals surface area contributed by atoms with Crippen molar-refractivity contribution in [3.63, 3.8) is 0 Å². The number of halogens is 1. The number of nitrogens with two attached hydrogens (primary N) is 1. The highest BCUT2D eigenvalue weighted by atomic mass is 19.1. The molecule has 2 aromatic carbocycles. The largest absolute Gasteiger partial charge is 0.335 e. The molecular weight excluding hydrogens is 357 g/mol. The molecule has 1 aliphatic rings. The first-order valence-electron chi connectivity index (χ1n) is 9.30. The van der Waals surface area contributed by atoms with E-state index in [0.29, 0.717) is 31.1 Å². The van der Waals surface area contributed by atoms with Crippen molar-refractivity contribution in [3.8, 4) is 5.69 Å². The maximum Gasteiger partial charge on any atom is 0.293 e. The Morgan fingerprint density at radius 2 is 1.86 bits per heavy atom. The highest BCUT2D eigenvalue weighted by molar-refractivity contribution is 5.90. The fraction of sp³-hybridized carbons (Fsp3) is 0.286. The normalized spacial score (nSPS) is 19.2. The summed E-state index contributed by atoms with van der Waals surface area (Å²) in [6, 6.07) is 16.1. The molecule has 2 N–H and O–H groups in total. The molecule has 6 nitrogen and oxygen atoms in total. The fourth-order valence-corrected chi connectivity index (χ4v) is 3.80. The van der Waals surface area contributed by atoms with Gasteiger partial charge in [-0.1, -0.05) is 30.3 Å². The van der Waals surface area contributed by atoms with E-state index in [1.54, 1.807) is 28.6 Å². The summed E-state index contributed by atoms with van der Waals surface area (Å²) in [5.41, 5.74) is 7.83. The van der Waals surface area contributed by atoms with E-state index in [0.717, 1.165) is 0 Å². The van der Waals surface area contributed by atoms with Crippen LogP contribution in [0.25, 0.3) is 5.69 Å². The minimum Gasteiger partial charge on any atom is -0.335 e. The number of hydrogen-bond acceptors (Lipinski definition) is 4. The highest BCUT2D eigenvalue weighted by Gasteiger charge is 2.36. The van der Waals surface area contributed by atoms with Gasteiger partial charge in [-0.25, -0.2) is 14.1 Å². The molecule has 3 aromatic rings. The van der Waals surface area contributed by atoms with Gasteiger partial charge in [-0.3, -0.25) is 4.79 Å². The van der Waals surface area contributed by atoms with E-state index in [4.69, 9.17) is 5.73 Å². The number of hydrogen-bond donors (Lipinski definition) is 1. The maximum absolute atomic E-state index is 13.2. The zero-order valence-corrected chi connectivity index (χ0v) is 15.6. The summed E-state index contributed by atoms with van der Waals surface area (Å²) in [5.74, 6) is 0.591. The van der Waals surface area contributed by atoms with Gasteiger partial charge in [0.05, 0.1) is 5.69 Å². The molecule has 4 rings (SSSR count). The fourth-order valence-electron chi connectivity index (χ4n) is 3.80. The Hall–Kier alpha value is -3.06. The average Bonchev–Trinajstić information content (AvgIpc) is 3.32. The van der Waals surface area contributed by atoms with Crippen LogP contribution in [0.2, 0.25) is 0 Å². The summed E-state index contributed by atoms with van der Waals surface area (Å²) < 4.78 is 14.7. The quantitative estimate of drug-likeness (QED) is 0.756. The Morgan fingerprint density at radius 1 is 1.14 bits per heavy atom. The second-order valence-corrected chi connectivity index (χ2v) is 7.09. The summed E-state index contributed by atoms with van der Waals surface area (Å²) >= 11 is 0. The third kappa shape index (κ3) is 3.41. The molecule has 0 bridgehead atoms. The van der Waals surface area contributed by atoms with Crippen molar-refractivity contribution in [2.45, 2.75) is 12.8 Å². The summed E-state index contributed by atoms with van der Waals surface area (Å²) in [4.78, 5) is 19.1. The SMILES string of the molecule is Cc1nc(C(=O)N2C[C@@H](CN)[C@H](c3ccccc3)C2)nn1-c1ccc(F)cc1. The molecule has 28 heavy (non-hydrogen) atoms. The highest BCUT2D eigenvalue weighted by Crippen LogP contribution is 2.32. The monoisotopic (exact) mass is 379 g/mol. The van der Waals surface area contributed by atoms with Crippen molar-refractivity contribution in [2.24, 2.45) is 11.7 Å². The van der Waals surface area contributed by atoms with Gasteiger partial charge in [-0.15, -0.1) is 5.10 Å². The summed E-state index contributed by atoms with van der Waals surface area (Å²) in [5, 5.41) is 4.36. The van der Waals surface area contributed by atoms with Gasteiger partial charge < -0.3 is 10.6 Å². The van der Waals surface area contributed by atoms with Crippen molar-refractivity contribution in [1.82, 2.24) is 19.7 Å². The smallest absolute Gasteiger partial charge is 0.293 e. The Balaban J connectivity index is 1.57. The molecule has 0 spiro atoms. The lowest BCUT2D eigenvalue weighted by molar-refractivity contribution is 0.0774. The van der Waals surface area contributed by atoms with E-state index < -0.39 is 0 Å². The Labute approximate surface area is 162 Å². The maximum atomic E-state index is 13.2. The molecule has 0 saturated carbocycles. The third-order valence-corrected chi connectivity index (χ3v) is 5.29. The molecule has 0 unspecified atom stereocenters. The first-order chi connectivity index (χ1) is 13.6. The zero-order valence-electron chi connectivity index (χ0n) is 15.6. The Bertz CT molecular complexity index is 970. The van der Waals surface area contributed by atoms with Gasteiger partial charge in [-0.2, -0.15) is 0 Å². The topological polar surface area (TPSA) is 77.0 Å². The molecule has 1 aliphatic heterocycles. The molecular formula is C21H22FN5O. The number of nitrogens with zero attached hydrogens (tertiary/aromatic N) is 4. The summed E-state index contributed by atoms with van der Waals surface area (Å²) in [6.07, 6.45) is 0. The van der Waals surface area contributed by atoms with E-state index >= 15 is 0 Å². The predicted octanol–water partition coefficient (Wildman–Crippen LogP) is 2.53. The summed E-state index contributed by atoms with van der Waals surface area (Å²) in [6.45, 7) is 3.46. The third-order valence-electron chi connectivity index (χ3n) is 5.29. The van der Waals surface area contributed by atoms with Gasteiger partial charge in [0.1, 0.15) is 11.6 Å². The standard InChI is InChI=1S/C21H22FN5O/c1-14-24-20(25-27(14)18-9-7-17(22)8-10-18)21(28)26-12-16(11-23)19(13-26)15-5-3-2-4-6-15/h2-10,16,19H,11-13,23H2,1H3/t16-,19+/m1/s1. The summed E-state index contributed by atoms with van der Waals surface area (Å²) in [7, 11) is 0. The number of aromatic nitrogens is 3. The molecule has 0 aliphatic carbocycles. The van der Waals surface area contributed by atoms with Crippen LogP contribution >= 0.6 is 0 Å². The lowest BCUT2D eigenvalue weighted by atomic mass is 9.89. The van der Waals surface area contributed by atoms with Crippen molar-refractivity contribution >= 4 is 5.91 Å². The molecule has 1 amide bonds. The average molecular weight is 379 g/mol. The zero-order chi connectivity index (χ0) is 19.7. The first-order valence-corrected chi connectivity index (χ1v) is 9.30. The van der Waals surface area contributed by atoms with Crippen LogP contribution in [0, 0.1) is 18.7 Å². The van der Waals surface area contributed by atoms with Crippen LogP contribution in [0.1, 0.15) is 27.9 Å². The van der Waals surface area contributed by atoms with Gasteiger partial charge in [0.15, 0.2) is 0 Å². The first kappa shape index (κ1) is 18.3. The van der Waals surface area contributed by atoms with Crippen molar-refractivity contribution < 1.29 is 9.18 Å². The molecule has 1 saturated heterocycles. The second kappa shape index (κ2) is 7.52. The van der Waals surface area contributed by atoms with Crippen LogP contribution in [-0.4, -0.2) is 45.2 Å². The molecule has 7 heteroatoms. The number of carbonyl (C=O) groups is 1. The number of amides is 1. The molecule has 144 valence electrons. The van der Waals surface area contributed by atoms with Crippen LogP contribution < -0.4 is 5.73 Å². The van der Waals surface area contributed by atoms with Gasteiger partial charge in [0.25, 0.3) is 5.91 Å². The van der Waals surface area contributed by atoms with Gasteiger partial charge in [0, 0.05) is 19.0 Å². The second-order valence-electron chi connectivity index (χ2n) is 7.09. The van der Waals surface area contributed by atoms with Crippen LogP contribution in [0.4, 0.5) is 4.39 Å². The Morgan fingerprint density at radius 3 is 2.54 bits per heavy atom. The van der Waals surface area contributed by atoms with Crippen LogP contribution in [-0.2, 0) is 0 Å². The van der Waals surface area contributed by atoms with Crippen molar-refractivity contribution in [1.29, 1.82) is 0 Å². The van der Waals surface area contributed by atoms with Crippen LogP contribution in [0.3, 0.4) is 0 Å². The van der Waals surface area contributed by atoms with Crippen molar-refractivity contribution in [2.75, 3.05) is 19.6 Å². The van der Waals surface area contributed by atoms with E-state index in [1.165, 1.54) is 17.7 Å². The number of rotatable bonds is 4. The molecule has 2 atom stereocenters. The minimum absolute atomic E-state index is 0.145. The van der Waals surface area contributed by atoms with E-state index in [9.17, 15) is 9.18 Å². The molecule has 1 aromatic heterocycles. The van der Waals surface area contributed by atoms with Crippen LogP contribution in [0.15, 0.2) is 54.6 Å². The van der Waals surface area contributed by atoms with Crippen molar-refractivity contribution in [3.05, 3.63) is 77.6 Å². The van der Waals surface area contributed by atoms with Gasteiger partial charge in [-0.05, 0) is 49.2 Å². The number of benzene rings is 2. The van der Waals surface area contributed by atoms with E-state index in [2.05, 4.69) is 22.2 Å². The lowest BCUT2D eigenvalue weighted by Crippen LogP contribution is -2.30. The van der Waals surface area contributed by atoms with E-state index in [-0.39, 0.29) is 29.4 Å². The number of aryl methyl sites for hydroxylation is 1. The predicted molar refractivity (Wildman–Crippen MR) is 104 cm³/mol. The molecule has 0 radical (unpaired) electrons. The van der Waals surface area contributed by atoms with E-state index in [1.807, 2.05) is 18.2 Å². The Kier molecular flexibility index (Phi) is 4.92. The number of likely N-dealkylation sites (tertiary alicyclic amines) is 1. The lowest BCUT2D eigenvalue weighted by Gasteiger charge is -2.16. The molecule has 1 fully saturated rings. The minimum atomic E-state index is -0.324. The van der Waals surface area contributed by atoms with Gasteiger partial charge in [0.2, 0.25) is 5.82 Å². The molecule has 2 heterocycles. The van der Waals surface area contributed by atoms with Crippen LogP contribution in [0.5, 0.6) is 0 Å². The van der Waals surface area contributed by atoms with Gasteiger partial charge >= 0.3 is 0 Å². The number of carbonyl (C=O) groups excluding carboxylic acids is 1.